The average molecular weight is 235 g/mol. The van der Waals surface area contributed by atoms with E-state index in [4.69, 9.17) is 10.5 Å². The Morgan fingerprint density at radius 1 is 1.65 bits per heavy atom. The lowest BCUT2D eigenvalue weighted by atomic mass is 10.1. The summed E-state index contributed by atoms with van der Waals surface area (Å²) in [6, 6.07) is 5.54. The molecule has 0 saturated heterocycles. The van der Waals surface area contributed by atoms with Gasteiger partial charge in [0, 0.05) is 7.05 Å². The Hall–Kier alpha value is -1.91. The van der Waals surface area contributed by atoms with Gasteiger partial charge in [0.25, 0.3) is 0 Å². The van der Waals surface area contributed by atoms with Gasteiger partial charge in [-0.25, -0.2) is 0 Å². The summed E-state index contributed by atoms with van der Waals surface area (Å²) in [6.07, 6.45) is 0.0500. The van der Waals surface area contributed by atoms with E-state index in [1.54, 1.807) is 7.05 Å². The first-order valence-corrected chi connectivity index (χ1v) is 5.62. The topological polar surface area (TPSA) is 67.6 Å². The lowest BCUT2D eigenvalue weighted by molar-refractivity contribution is -0.119. The largest absolute Gasteiger partial charge is 0.487 e. The van der Waals surface area contributed by atoms with Crippen molar-refractivity contribution in [2.24, 2.45) is 0 Å². The van der Waals surface area contributed by atoms with Crippen molar-refractivity contribution in [2.45, 2.75) is 13.0 Å². The number of hydrogen-bond donors (Lipinski definition) is 2. The normalized spacial score (nSPS) is 18.2. The number of carbonyl (C=O) groups is 1. The molecule has 0 aromatic heterocycles. The smallest absolute Gasteiger partial charge is 0.239 e. The van der Waals surface area contributed by atoms with E-state index >= 15 is 0 Å². The van der Waals surface area contributed by atoms with Crippen molar-refractivity contribution in [2.75, 3.05) is 30.8 Å². The Morgan fingerprint density at radius 3 is 3.12 bits per heavy atom. The summed E-state index contributed by atoms with van der Waals surface area (Å²) >= 11 is 0. The molecule has 0 bridgehead atoms. The second-order valence-corrected chi connectivity index (χ2v) is 4.18. The molecule has 1 aliphatic rings. The van der Waals surface area contributed by atoms with Gasteiger partial charge in [0.2, 0.25) is 5.91 Å². The van der Waals surface area contributed by atoms with E-state index in [1.165, 1.54) is 0 Å². The number of nitrogens with two attached hydrogens (primary N) is 1. The molecule has 17 heavy (non-hydrogen) atoms. The van der Waals surface area contributed by atoms with Gasteiger partial charge < -0.3 is 20.7 Å². The summed E-state index contributed by atoms with van der Waals surface area (Å²) in [5.74, 6) is 0.709. The third-order valence-electron chi connectivity index (χ3n) is 2.77. The van der Waals surface area contributed by atoms with Crippen LogP contribution >= 0.6 is 0 Å². The van der Waals surface area contributed by atoms with Crippen molar-refractivity contribution in [3.05, 3.63) is 18.2 Å². The van der Waals surface area contributed by atoms with Gasteiger partial charge in [-0.15, -0.1) is 0 Å². The first kappa shape index (κ1) is 11.6. The van der Waals surface area contributed by atoms with Crippen molar-refractivity contribution < 1.29 is 9.53 Å². The molecule has 5 nitrogen and oxygen atoms in total. The van der Waals surface area contributed by atoms with Crippen molar-refractivity contribution in [3.63, 3.8) is 0 Å². The van der Waals surface area contributed by atoms with Gasteiger partial charge in [0.1, 0.15) is 17.5 Å². The molecule has 1 atom stereocenters. The number of rotatable bonds is 2. The lowest BCUT2D eigenvalue weighted by Gasteiger charge is -2.35. The van der Waals surface area contributed by atoms with Crippen LogP contribution in [-0.4, -0.2) is 32.1 Å². The Labute approximate surface area is 101 Å². The van der Waals surface area contributed by atoms with Gasteiger partial charge in [-0.2, -0.15) is 0 Å². The van der Waals surface area contributed by atoms with Crippen molar-refractivity contribution in [3.8, 4) is 5.75 Å². The van der Waals surface area contributed by atoms with E-state index in [0.29, 0.717) is 18.8 Å². The van der Waals surface area contributed by atoms with E-state index in [2.05, 4.69) is 5.32 Å². The molecule has 5 heteroatoms. The number of para-hydroxylation sites is 1. The van der Waals surface area contributed by atoms with Crippen LogP contribution in [0.1, 0.15) is 6.92 Å². The predicted octanol–water partition coefficient (Wildman–Crippen LogP) is 0.602. The zero-order valence-electron chi connectivity index (χ0n) is 10.1. The van der Waals surface area contributed by atoms with Crippen LogP contribution in [0.15, 0.2) is 18.2 Å². The van der Waals surface area contributed by atoms with Crippen LogP contribution in [0.2, 0.25) is 0 Å². The second-order valence-electron chi connectivity index (χ2n) is 4.18. The SMILES string of the molecule is CNC(=O)CN1CC(C)Oc2cccc(N)c21. The molecular weight excluding hydrogens is 218 g/mol. The molecule has 1 unspecified atom stereocenters. The van der Waals surface area contributed by atoms with Gasteiger partial charge in [0.15, 0.2) is 0 Å². The number of anilines is 2. The van der Waals surface area contributed by atoms with Gasteiger partial charge in [0.05, 0.1) is 18.8 Å². The van der Waals surface area contributed by atoms with E-state index in [0.717, 1.165) is 11.4 Å². The predicted molar refractivity (Wildman–Crippen MR) is 67.2 cm³/mol. The maximum absolute atomic E-state index is 11.5. The Balaban J connectivity index is 2.33. The number of nitrogens with one attached hydrogen (secondary N) is 1. The van der Waals surface area contributed by atoms with Crippen LogP contribution in [0.25, 0.3) is 0 Å². The maximum atomic E-state index is 11.5. The highest BCUT2D eigenvalue weighted by atomic mass is 16.5. The quantitative estimate of drug-likeness (QED) is 0.737. The highest BCUT2D eigenvalue weighted by Gasteiger charge is 2.25. The number of carbonyl (C=O) groups excluding carboxylic acids is 1. The van der Waals surface area contributed by atoms with Crippen LogP contribution in [0.3, 0.4) is 0 Å². The Morgan fingerprint density at radius 2 is 2.41 bits per heavy atom. The monoisotopic (exact) mass is 235 g/mol. The van der Waals surface area contributed by atoms with Gasteiger partial charge in [-0.1, -0.05) is 6.07 Å². The first-order chi connectivity index (χ1) is 8.11. The van der Waals surface area contributed by atoms with Crippen molar-refractivity contribution >= 4 is 17.3 Å². The number of benzene rings is 1. The summed E-state index contributed by atoms with van der Waals surface area (Å²) in [4.78, 5) is 13.4. The molecule has 0 radical (unpaired) electrons. The van der Waals surface area contributed by atoms with Crippen LogP contribution in [0.5, 0.6) is 5.75 Å². The Kier molecular flexibility index (Phi) is 3.08. The molecule has 0 saturated carbocycles. The van der Waals surface area contributed by atoms with Crippen LogP contribution in [0, 0.1) is 0 Å². The summed E-state index contributed by atoms with van der Waals surface area (Å²) in [7, 11) is 1.63. The number of nitrogens with zero attached hydrogens (tertiary/aromatic N) is 1. The number of hydrogen-bond acceptors (Lipinski definition) is 4. The molecule has 2 rings (SSSR count). The third-order valence-corrected chi connectivity index (χ3v) is 2.77. The van der Waals surface area contributed by atoms with Crippen LogP contribution < -0.4 is 20.7 Å². The molecular formula is C12H17N3O2. The fourth-order valence-corrected chi connectivity index (χ4v) is 2.02. The third kappa shape index (κ3) is 2.27. The zero-order chi connectivity index (χ0) is 12.4. The van der Waals surface area contributed by atoms with Crippen molar-refractivity contribution in [1.82, 2.24) is 5.32 Å². The minimum absolute atomic E-state index is 0.0340. The zero-order valence-corrected chi connectivity index (χ0v) is 10.1. The fraction of sp³-hybridized carbons (Fsp3) is 0.417. The summed E-state index contributed by atoms with van der Waals surface area (Å²) in [6.45, 7) is 2.93. The molecule has 1 aromatic rings. The minimum atomic E-state index is -0.0340. The minimum Gasteiger partial charge on any atom is -0.487 e. The van der Waals surface area contributed by atoms with E-state index in [9.17, 15) is 4.79 Å². The molecule has 1 amide bonds. The van der Waals surface area contributed by atoms with Gasteiger partial charge in [-0.3, -0.25) is 4.79 Å². The highest BCUT2D eigenvalue weighted by molar-refractivity contribution is 5.85. The number of amides is 1. The van der Waals surface area contributed by atoms with Crippen molar-refractivity contribution in [1.29, 1.82) is 0 Å². The van der Waals surface area contributed by atoms with Crippen LogP contribution in [-0.2, 0) is 4.79 Å². The standard InChI is InChI=1S/C12H17N3O2/c1-8-6-15(7-11(16)14-2)12-9(13)4-3-5-10(12)17-8/h3-5,8H,6-7,13H2,1-2H3,(H,14,16). The summed E-state index contributed by atoms with van der Waals surface area (Å²) in [5.41, 5.74) is 7.39. The van der Waals surface area contributed by atoms with Gasteiger partial charge >= 0.3 is 0 Å². The van der Waals surface area contributed by atoms with Gasteiger partial charge in [-0.05, 0) is 19.1 Å². The molecule has 0 spiro atoms. The summed E-state index contributed by atoms with van der Waals surface area (Å²) < 4.78 is 5.70. The maximum Gasteiger partial charge on any atom is 0.239 e. The van der Waals surface area contributed by atoms with E-state index < -0.39 is 0 Å². The number of likely N-dealkylation sites (N-methyl/N-ethyl adjacent to an activating group) is 1. The fourth-order valence-electron chi connectivity index (χ4n) is 2.02. The highest BCUT2D eigenvalue weighted by Crippen LogP contribution is 2.37. The molecule has 3 N–H and O–H groups in total. The number of ether oxygens (including phenoxy) is 1. The molecule has 0 fully saturated rings. The number of nitrogen functional groups attached to an aromatic ring is 1. The average Bonchev–Trinajstić information content (AvgIpc) is 2.28. The lowest BCUT2D eigenvalue weighted by Crippen LogP contribution is -2.44. The van der Waals surface area contributed by atoms with Crippen LogP contribution in [0.4, 0.5) is 11.4 Å². The molecule has 0 aliphatic carbocycles. The summed E-state index contributed by atoms with van der Waals surface area (Å²) in [5, 5.41) is 2.62. The molecule has 1 aliphatic heterocycles. The molecule has 92 valence electrons. The van der Waals surface area contributed by atoms with E-state index in [1.807, 2.05) is 30.0 Å². The second kappa shape index (κ2) is 4.53. The van der Waals surface area contributed by atoms with E-state index in [-0.39, 0.29) is 12.0 Å². The number of fused-ring (bicyclic) bond motifs is 1. The molecule has 1 aromatic carbocycles. The molecule has 1 heterocycles. The Bertz CT molecular complexity index is 434. The first-order valence-electron chi connectivity index (χ1n) is 5.62.